The fourth-order valence-corrected chi connectivity index (χ4v) is 0.901. The highest BCUT2D eigenvalue weighted by atomic mass is 19.4. The predicted octanol–water partition coefficient (Wildman–Crippen LogP) is 1.30. The van der Waals surface area contributed by atoms with E-state index in [9.17, 15) is 13.2 Å². The Morgan fingerprint density at radius 1 is 1.31 bits per heavy atom. The quantitative estimate of drug-likeness (QED) is 0.625. The van der Waals surface area contributed by atoms with E-state index in [1.165, 1.54) is 6.20 Å². The minimum absolute atomic E-state index is 0.0346. The van der Waals surface area contributed by atoms with Crippen LogP contribution in [-0.2, 0) is 6.30 Å². The van der Waals surface area contributed by atoms with Gasteiger partial charge in [-0.05, 0) is 0 Å². The molecule has 7 heteroatoms. The van der Waals surface area contributed by atoms with Crippen LogP contribution in [0.1, 0.15) is 0 Å². The van der Waals surface area contributed by atoms with E-state index in [1.807, 2.05) is 0 Å². The molecule has 0 bridgehead atoms. The molecule has 2 aromatic rings. The van der Waals surface area contributed by atoms with Crippen LogP contribution in [0.15, 0.2) is 18.7 Å². The largest absolute Gasteiger partial charge is 0.504 e. The number of hydrogen-bond acceptors (Lipinski definition) is 3. The second-order valence-corrected chi connectivity index (χ2v) is 2.34. The van der Waals surface area contributed by atoms with Gasteiger partial charge < -0.3 is 0 Å². The minimum atomic E-state index is -4.50. The van der Waals surface area contributed by atoms with Gasteiger partial charge in [-0.25, -0.2) is 9.97 Å². The molecule has 4 nitrogen and oxygen atoms in total. The summed E-state index contributed by atoms with van der Waals surface area (Å²) in [5.74, 6) is 0. The lowest BCUT2D eigenvalue weighted by Gasteiger charge is -2.03. The number of alkyl halides is 3. The second kappa shape index (κ2) is 2.41. The van der Waals surface area contributed by atoms with Crippen molar-refractivity contribution in [1.82, 2.24) is 19.7 Å². The average molecular weight is 188 g/mol. The SMILES string of the molecule is FC(F)(F)n1cc2cncnc2n1. The maximum absolute atomic E-state index is 12.1. The summed E-state index contributed by atoms with van der Waals surface area (Å²) in [6.07, 6.45) is -1.23. The van der Waals surface area contributed by atoms with Gasteiger partial charge in [0.25, 0.3) is 0 Å². The van der Waals surface area contributed by atoms with Crippen molar-refractivity contribution >= 4 is 11.0 Å². The fourth-order valence-electron chi connectivity index (χ4n) is 0.901. The Kier molecular flexibility index (Phi) is 1.48. The van der Waals surface area contributed by atoms with Crippen molar-refractivity contribution in [2.45, 2.75) is 6.30 Å². The summed E-state index contributed by atoms with van der Waals surface area (Å²) in [5, 5.41) is 3.49. The molecule has 2 aromatic heterocycles. The first kappa shape index (κ1) is 7.96. The van der Waals surface area contributed by atoms with Crippen LogP contribution in [0.2, 0.25) is 0 Å². The molecule has 0 saturated heterocycles. The lowest BCUT2D eigenvalue weighted by molar-refractivity contribution is -0.211. The Balaban J connectivity index is 2.63. The van der Waals surface area contributed by atoms with Gasteiger partial charge in [-0.3, -0.25) is 0 Å². The van der Waals surface area contributed by atoms with Crippen molar-refractivity contribution in [3.8, 4) is 0 Å². The normalized spacial score (nSPS) is 12.2. The molecule has 2 heterocycles. The van der Waals surface area contributed by atoms with Crippen LogP contribution < -0.4 is 0 Å². The maximum atomic E-state index is 12.1. The van der Waals surface area contributed by atoms with Gasteiger partial charge in [-0.2, -0.15) is 4.68 Å². The Morgan fingerprint density at radius 3 is 2.69 bits per heavy atom. The van der Waals surface area contributed by atoms with Gasteiger partial charge in [0.1, 0.15) is 6.33 Å². The molecule has 0 fully saturated rings. The Morgan fingerprint density at radius 2 is 2.08 bits per heavy atom. The van der Waals surface area contributed by atoms with Gasteiger partial charge in [0.05, 0.1) is 5.39 Å². The third-order valence-corrected chi connectivity index (χ3v) is 1.44. The molecule has 68 valence electrons. The zero-order valence-corrected chi connectivity index (χ0v) is 6.15. The van der Waals surface area contributed by atoms with E-state index in [1.54, 1.807) is 0 Å². The van der Waals surface area contributed by atoms with Crippen LogP contribution in [0.5, 0.6) is 0 Å². The van der Waals surface area contributed by atoms with Gasteiger partial charge in [0.2, 0.25) is 0 Å². The molecule has 0 unspecified atom stereocenters. The summed E-state index contributed by atoms with van der Waals surface area (Å²) >= 11 is 0. The van der Waals surface area contributed by atoms with Crippen molar-refractivity contribution in [1.29, 1.82) is 0 Å². The topological polar surface area (TPSA) is 43.6 Å². The van der Waals surface area contributed by atoms with Crippen LogP contribution in [0.4, 0.5) is 13.2 Å². The van der Waals surface area contributed by atoms with E-state index in [0.717, 1.165) is 12.5 Å². The predicted molar refractivity (Wildman–Crippen MR) is 36.6 cm³/mol. The number of hydrogen-bond donors (Lipinski definition) is 0. The molecular weight excluding hydrogens is 185 g/mol. The summed E-state index contributed by atoms with van der Waals surface area (Å²) in [6, 6.07) is 0. The smallest absolute Gasteiger partial charge is 0.244 e. The molecule has 0 saturated carbocycles. The lowest BCUT2D eigenvalue weighted by atomic mass is 10.4. The average Bonchev–Trinajstić information content (AvgIpc) is 2.45. The molecule has 0 aliphatic rings. The van der Waals surface area contributed by atoms with Crippen LogP contribution >= 0.6 is 0 Å². The molecule has 0 aliphatic heterocycles. The van der Waals surface area contributed by atoms with Gasteiger partial charge in [-0.15, -0.1) is 18.3 Å². The molecule has 0 N–H and O–H groups in total. The Labute approximate surface area is 70.0 Å². The highest BCUT2D eigenvalue weighted by Crippen LogP contribution is 2.22. The van der Waals surface area contributed by atoms with E-state index < -0.39 is 6.30 Å². The van der Waals surface area contributed by atoms with Crippen molar-refractivity contribution in [2.75, 3.05) is 0 Å². The van der Waals surface area contributed by atoms with E-state index in [0.29, 0.717) is 0 Å². The minimum Gasteiger partial charge on any atom is -0.244 e. The lowest BCUT2D eigenvalue weighted by Crippen LogP contribution is -2.16. The zero-order valence-electron chi connectivity index (χ0n) is 6.15. The van der Waals surface area contributed by atoms with E-state index in [4.69, 9.17) is 0 Å². The third kappa shape index (κ3) is 1.32. The first-order valence-corrected chi connectivity index (χ1v) is 3.30. The highest BCUT2D eigenvalue weighted by molar-refractivity contribution is 5.72. The highest BCUT2D eigenvalue weighted by Gasteiger charge is 2.31. The molecule has 2 rings (SSSR count). The first-order chi connectivity index (χ1) is 6.07. The maximum Gasteiger partial charge on any atom is 0.504 e. The van der Waals surface area contributed by atoms with E-state index in [2.05, 4.69) is 15.1 Å². The third-order valence-electron chi connectivity index (χ3n) is 1.44. The van der Waals surface area contributed by atoms with Crippen molar-refractivity contribution in [3.63, 3.8) is 0 Å². The van der Waals surface area contributed by atoms with E-state index in [-0.39, 0.29) is 15.7 Å². The van der Waals surface area contributed by atoms with Gasteiger partial charge >= 0.3 is 6.30 Å². The first-order valence-electron chi connectivity index (χ1n) is 3.30. The van der Waals surface area contributed by atoms with Crippen LogP contribution in [0.25, 0.3) is 11.0 Å². The monoisotopic (exact) mass is 188 g/mol. The summed E-state index contributed by atoms with van der Waals surface area (Å²) in [5.41, 5.74) is 0.0346. The molecule has 0 spiro atoms. The number of rotatable bonds is 0. The van der Waals surface area contributed by atoms with Gasteiger partial charge in [0.15, 0.2) is 5.65 Å². The standard InChI is InChI=1S/C6H3F3N4/c7-6(8,9)13-2-4-1-10-3-11-5(4)12-13/h1-3H. The molecule has 0 radical (unpaired) electrons. The molecule has 0 atom stereocenters. The number of fused-ring (bicyclic) bond motifs is 1. The van der Waals surface area contributed by atoms with Crippen LogP contribution in [0, 0.1) is 0 Å². The number of nitrogens with zero attached hydrogens (tertiary/aromatic N) is 4. The summed E-state index contributed by atoms with van der Waals surface area (Å²) in [7, 11) is 0. The molecular formula is C6H3F3N4. The number of halogens is 3. The van der Waals surface area contributed by atoms with Crippen molar-refractivity contribution in [2.24, 2.45) is 0 Å². The van der Waals surface area contributed by atoms with Crippen LogP contribution in [-0.4, -0.2) is 19.7 Å². The van der Waals surface area contributed by atoms with Crippen LogP contribution in [0.3, 0.4) is 0 Å². The van der Waals surface area contributed by atoms with Crippen molar-refractivity contribution < 1.29 is 13.2 Å². The van der Waals surface area contributed by atoms with E-state index >= 15 is 0 Å². The fraction of sp³-hybridized carbons (Fsp3) is 0.167. The molecule has 0 aromatic carbocycles. The summed E-state index contributed by atoms with van der Waals surface area (Å²) < 4.78 is 36.1. The Bertz CT molecular complexity index is 400. The zero-order chi connectivity index (χ0) is 9.47. The molecule has 0 amide bonds. The number of aromatic nitrogens is 4. The summed E-state index contributed by atoms with van der Waals surface area (Å²) in [4.78, 5) is 7.15. The second-order valence-electron chi connectivity index (χ2n) is 2.34. The van der Waals surface area contributed by atoms with Crippen molar-refractivity contribution in [3.05, 3.63) is 18.7 Å². The van der Waals surface area contributed by atoms with Gasteiger partial charge in [0, 0.05) is 12.4 Å². The Hall–Kier alpha value is -1.66. The molecule has 0 aliphatic carbocycles. The molecule has 13 heavy (non-hydrogen) atoms. The summed E-state index contributed by atoms with van der Waals surface area (Å²) in [6.45, 7) is 0. The van der Waals surface area contributed by atoms with Gasteiger partial charge in [-0.1, -0.05) is 0 Å².